The fourth-order valence-electron chi connectivity index (χ4n) is 6.85. The van der Waals surface area contributed by atoms with E-state index < -0.39 is 11.6 Å². The zero-order chi connectivity index (χ0) is 24.3. The molecule has 0 radical (unpaired) electrons. The summed E-state index contributed by atoms with van der Waals surface area (Å²) in [6.07, 6.45) is 4.18. The van der Waals surface area contributed by atoms with Gasteiger partial charge in [0.1, 0.15) is 6.04 Å². The maximum absolute atomic E-state index is 14.1. The van der Waals surface area contributed by atoms with E-state index in [-0.39, 0.29) is 35.0 Å². The van der Waals surface area contributed by atoms with E-state index in [2.05, 4.69) is 51.1 Å². The van der Waals surface area contributed by atoms with Crippen LogP contribution >= 0.6 is 0 Å². The minimum atomic E-state index is -0.820. The third-order valence-electron chi connectivity index (χ3n) is 8.38. The highest BCUT2D eigenvalue weighted by atomic mass is 16.2. The molecule has 5 rings (SSSR count). The quantitative estimate of drug-likeness (QED) is 0.604. The van der Waals surface area contributed by atoms with Crippen molar-refractivity contribution in [2.75, 3.05) is 4.90 Å². The molecule has 2 heterocycles. The third-order valence-corrected chi connectivity index (χ3v) is 8.38. The standard InChI is InChI=1S/C29H34N2O3/c1-19(30-26(33)21-14-8-9-15-22(21)27(30)34)25(32)31-24-17-11-10-16-23(24)29(4,18-28(31,2)3)20-12-6-5-7-13-20/h5-7,10-13,16-17,19,21-22H,8-9,14-15,18H2,1-4H3/t19-,21-,22+,29+/m1/s1. The molecule has 1 saturated heterocycles. The Bertz CT molecular complexity index is 1120. The third kappa shape index (κ3) is 3.31. The van der Waals surface area contributed by atoms with Gasteiger partial charge < -0.3 is 4.90 Å². The Balaban J connectivity index is 1.54. The van der Waals surface area contributed by atoms with Gasteiger partial charge in [-0.25, -0.2) is 0 Å². The van der Waals surface area contributed by atoms with Crippen molar-refractivity contribution in [3.8, 4) is 0 Å². The van der Waals surface area contributed by atoms with Gasteiger partial charge in [0.15, 0.2) is 0 Å². The number of likely N-dealkylation sites (tertiary alicyclic amines) is 1. The van der Waals surface area contributed by atoms with Gasteiger partial charge in [0.05, 0.1) is 11.8 Å². The van der Waals surface area contributed by atoms with Gasteiger partial charge in [0.25, 0.3) is 5.91 Å². The SMILES string of the molecule is C[C@H](C(=O)N1c2ccccc2[C@](C)(c2ccccc2)CC1(C)C)N1C(=O)[C@H]2CCCC[C@H]2C1=O. The lowest BCUT2D eigenvalue weighted by molar-refractivity contribution is -0.147. The summed E-state index contributed by atoms with van der Waals surface area (Å²) in [6, 6.07) is 17.7. The van der Waals surface area contributed by atoms with Crippen LogP contribution in [0, 0.1) is 11.8 Å². The Kier molecular flexibility index (Phi) is 5.42. The molecule has 2 fully saturated rings. The summed E-state index contributed by atoms with van der Waals surface area (Å²) in [5.41, 5.74) is 2.38. The number of anilines is 1. The van der Waals surface area contributed by atoms with Crippen LogP contribution in [-0.2, 0) is 19.8 Å². The van der Waals surface area contributed by atoms with Crippen LogP contribution in [-0.4, -0.2) is 34.2 Å². The average molecular weight is 459 g/mol. The number of imide groups is 1. The van der Waals surface area contributed by atoms with Crippen LogP contribution in [0.2, 0.25) is 0 Å². The van der Waals surface area contributed by atoms with E-state index in [0.29, 0.717) is 0 Å². The lowest BCUT2D eigenvalue weighted by Gasteiger charge is -2.52. The average Bonchev–Trinajstić information content (AvgIpc) is 3.08. The van der Waals surface area contributed by atoms with Gasteiger partial charge >= 0.3 is 0 Å². The predicted octanol–water partition coefficient (Wildman–Crippen LogP) is 5.07. The fourth-order valence-corrected chi connectivity index (χ4v) is 6.85. The first-order valence-electron chi connectivity index (χ1n) is 12.5. The van der Waals surface area contributed by atoms with E-state index in [1.165, 1.54) is 10.5 Å². The first-order valence-corrected chi connectivity index (χ1v) is 12.5. The monoisotopic (exact) mass is 458 g/mol. The highest BCUT2D eigenvalue weighted by Gasteiger charge is 2.54. The molecule has 1 aliphatic carbocycles. The number of para-hydroxylation sites is 1. The lowest BCUT2D eigenvalue weighted by Crippen LogP contribution is -2.60. The summed E-state index contributed by atoms with van der Waals surface area (Å²) in [7, 11) is 0. The highest BCUT2D eigenvalue weighted by molar-refractivity contribution is 6.11. The van der Waals surface area contributed by atoms with Crippen LogP contribution in [0.25, 0.3) is 0 Å². The van der Waals surface area contributed by atoms with E-state index in [0.717, 1.165) is 43.4 Å². The molecule has 4 atom stereocenters. The number of fused-ring (bicyclic) bond motifs is 2. The largest absolute Gasteiger partial charge is 0.305 e. The molecule has 3 amide bonds. The van der Waals surface area contributed by atoms with Crippen molar-refractivity contribution in [1.82, 2.24) is 4.90 Å². The molecule has 5 heteroatoms. The minimum Gasteiger partial charge on any atom is -0.305 e. The maximum Gasteiger partial charge on any atom is 0.250 e. The van der Waals surface area contributed by atoms with Crippen LogP contribution in [0.3, 0.4) is 0 Å². The molecule has 3 aliphatic rings. The van der Waals surface area contributed by atoms with Crippen LogP contribution < -0.4 is 4.90 Å². The first kappa shape index (κ1) is 22.8. The molecule has 2 aromatic carbocycles. The predicted molar refractivity (Wildman–Crippen MR) is 132 cm³/mol. The minimum absolute atomic E-state index is 0.159. The van der Waals surface area contributed by atoms with Gasteiger partial charge in [0.2, 0.25) is 11.8 Å². The Morgan fingerprint density at radius 1 is 0.882 bits per heavy atom. The molecule has 178 valence electrons. The summed E-state index contributed by atoms with van der Waals surface area (Å²) in [4.78, 5) is 43.6. The second-order valence-electron chi connectivity index (χ2n) is 11.1. The summed E-state index contributed by atoms with van der Waals surface area (Å²) in [5, 5.41) is 0. The van der Waals surface area contributed by atoms with Gasteiger partial charge in [-0.1, -0.05) is 68.3 Å². The maximum atomic E-state index is 14.1. The molecule has 0 aromatic heterocycles. The Hall–Kier alpha value is -2.95. The number of carbonyl (C=O) groups is 3. The number of rotatable bonds is 3. The van der Waals surface area contributed by atoms with E-state index >= 15 is 0 Å². The van der Waals surface area contributed by atoms with Crippen molar-refractivity contribution < 1.29 is 14.4 Å². The summed E-state index contributed by atoms with van der Waals surface area (Å²) < 4.78 is 0. The van der Waals surface area contributed by atoms with Crippen molar-refractivity contribution >= 4 is 23.4 Å². The second-order valence-corrected chi connectivity index (χ2v) is 11.1. The zero-order valence-electron chi connectivity index (χ0n) is 20.6. The van der Waals surface area contributed by atoms with Crippen molar-refractivity contribution in [3.63, 3.8) is 0 Å². The molecule has 34 heavy (non-hydrogen) atoms. The van der Waals surface area contributed by atoms with Crippen LogP contribution in [0.1, 0.15) is 70.9 Å². The number of nitrogens with zero attached hydrogens (tertiary/aromatic N) is 2. The number of benzene rings is 2. The Labute approximate surface area is 202 Å². The number of hydrogen-bond donors (Lipinski definition) is 0. The summed E-state index contributed by atoms with van der Waals surface area (Å²) >= 11 is 0. The van der Waals surface area contributed by atoms with E-state index in [1.54, 1.807) is 6.92 Å². The molecule has 5 nitrogen and oxygen atoms in total. The van der Waals surface area contributed by atoms with Crippen molar-refractivity contribution in [2.24, 2.45) is 11.8 Å². The van der Waals surface area contributed by atoms with Crippen LogP contribution in [0.5, 0.6) is 0 Å². The number of hydrogen-bond acceptors (Lipinski definition) is 3. The van der Waals surface area contributed by atoms with Gasteiger partial charge in [-0.3, -0.25) is 19.3 Å². The molecule has 0 bridgehead atoms. The fraction of sp³-hybridized carbons (Fsp3) is 0.483. The van der Waals surface area contributed by atoms with Gasteiger partial charge in [-0.05, 0) is 57.2 Å². The molecule has 0 N–H and O–H groups in total. The van der Waals surface area contributed by atoms with Crippen LogP contribution in [0.15, 0.2) is 54.6 Å². The molecule has 2 aliphatic heterocycles. The van der Waals surface area contributed by atoms with Gasteiger partial charge in [-0.2, -0.15) is 0 Å². The van der Waals surface area contributed by atoms with E-state index in [1.807, 2.05) is 29.2 Å². The Morgan fingerprint density at radius 3 is 2.06 bits per heavy atom. The second kappa shape index (κ2) is 8.07. The molecule has 0 unspecified atom stereocenters. The van der Waals surface area contributed by atoms with Gasteiger partial charge in [0, 0.05) is 16.6 Å². The molecular weight excluding hydrogens is 424 g/mol. The Morgan fingerprint density at radius 2 is 1.44 bits per heavy atom. The van der Waals surface area contributed by atoms with Crippen molar-refractivity contribution in [1.29, 1.82) is 0 Å². The first-order chi connectivity index (χ1) is 16.2. The highest BCUT2D eigenvalue weighted by Crippen LogP contribution is 2.51. The van der Waals surface area contributed by atoms with E-state index in [9.17, 15) is 14.4 Å². The summed E-state index contributed by atoms with van der Waals surface area (Å²) in [5.74, 6) is -1.01. The number of amides is 3. The molecule has 1 saturated carbocycles. The van der Waals surface area contributed by atoms with Gasteiger partial charge in [-0.15, -0.1) is 0 Å². The topological polar surface area (TPSA) is 57.7 Å². The van der Waals surface area contributed by atoms with E-state index in [4.69, 9.17) is 0 Å². The molecule has 0 spiro atoms. The van der Waals surface area contributed by atoms with Crippen molar-refractivity contribution in [2.45, 2.75) is 76.8 Å². The van der Waals surface area contributed by atoms with Crippen LogP contribution in [0.4, 0.5) is 5.69 Å². The normalized spacial score (nSPS) is 28.9. The number of carbonyl (C=O) groups excluding carboxylic acids is 3. The smallest absolute Gasteiger partial charge is 0.250 e. The summed E-state index contributed by atoms with van der Waals surface area (Å²) in [6.45, 7) is 8.13. The lowest BCUT2D eigenvalue weighted by atomic mass is 9.65. The molecular formula is C29H34N2O3. The molecule has 2 aromatic rings. The zero-order valence-corrected chi connectivity index (χ0v) is 20.6. The van der Waals surface area contributed by atoms with Crippen molar-refractivity contribution in [3.05, 3.63) is 65.7 Å².